The van der Waals surface area contributed by atoms with Crippen LogP contribution in [0.5, 0.6) is 0 Å². The molecule has 1 amide bonds. The lowest BCUT2D eigenvalue weighted by atomic mass is 9.85. The number of hydrogen-bond acceptors (Lipinski definition) is 3. The smallest absolute Gasteiger partial charge is 0.241 e. The van der Waals surface area contributed by atoms with E-state index in [1.165, 1.54) is 19.3 Å². The largest absolute Gasteiger partial charge is 0.399 e. The number of amides is 1. The Kier molecular flexibility index (Phi) is 4.65. The van der Waals surface area contributed by atoms with E-state index < -0.39 is 0 Å². The topological polar surface area (TPSA) is 58.4 Å². The molecule has 0 saturated heterocycles. The second-order valence-electron chi connectivity index (χ2n) is 5.98. The fourth-order valence-electron chi connectivity index (χ4n) is 2.45. The maximum absolute atomic E-state index is 12.3. The summed E-state index contributed by atoms with van der Waals surface area (Å²) in [6.07, 6.45) is 3.93. The van der Waals surface area contributed by atoms with E-state index in [9.17, 15) is 4.79 Å². The highest BCUT2D eigenvalue weighted by atomic mass is 16.2. The molecule has 1 atom stereocenters. The molecule has 1 fully saturated rings. The van der Waals surface area contributed by atoms with Crippen LogP contribution in [0.1, 0.15) is 31.7 Å². The van der Waals surface area contributed by atoms with Gasteiger partial charge in [0, 0.05) is 17.9 Å². The Morgan fingerprint density at radius 3 is 2.80 bits per heavy atom. The first-order valence-electron chi connectivity index (χ1n) is 7.34. The normalized spacial score (nSPS) is 16.8. The van der Waals surface area contributed by atoms with Gasteiger partial charge in [0.15, 0.2) is 0 Å². The van der Waals surface area contributed by atoms with Crippen LogP contribution in [0.3, 0.4) is 0 Å². The third kappa shape index (κ3) is 3.51. The van der Waals surface area contributed by atoms with Gasteiger partial charge >= 0.3 is 0 Å². The summed E-state index contributed by atoms with van der Waals surface area (Å²) in [6, 6.07) is 5.45. The van der Waals surface area contributed by atoms with Gasteiger partial charge in [-0.15, -0.1) is 0 Å². The summed E-state index contributed by atoms with van der Waals surface area (Å²) in [5, 5.41) is 2.98. The van der Waals surface area contributed by atoms with Crippen LogP contribution in [-0.2, 0) is 4.79 Å². The minimum atomic E-state index is -0.128. The lowest BCUT2D eigenvalue weighted by Gasteiger charge is -2.32. The van der Waals surface area contributed by atoms with Crippen LogP contribution >= 0.6 is 0 Å². The number of carbonyl (C=O) groups excluding carboxylic acids is 1. The molecule has 1 unspecified atom stereocenters. The molecule has 0 bridgehead atoms. The molecule has 4 nitrogen and oxygen atoms in total. The van der Waals surface area contributed by atoms with Crippen LogP contribution in [0, 0.1) is 12.8 Å². The molecule has 1 aromatic rings. The summed E-state index contributed by atoms with van der Waals surface area (Å²) in [7, 11) is 2.02. The van der Waals surface area contributed by atoms with Crippen LogP contribution in [0.4, 0.5) is 11.4 Å². The van der Waals surface area contributed by atoms with Crippen molar-refractivity contribution in [1.29, 1.82) is 0 Å². The van der Waals surface area contributed by atoms with E-state index in [0.29, 0.717) is 5.69 Å². The zero-order chi connectivity index (χ0) is 14.7. The molecule has 2 rings (SSSR count). The van der Waals surface area contributed by atoms with Crippen LogP contribution in [0.25, 0.3) is 0 Å². The first-order valence-corrected chi connectivity index (χ1v) is 7.34. The zero-order valence-corrected chi connectivity index (χ0v) is 12.6. The van der Waals surface area contributed by atoms with Gasteiger partial charge in [-0.05, 0) is 57.4 Å². The molecule has 0 aromatic heterocycles. The highest BCUT2D eigenvalue weighted by Gasteiger charge is 2.24. The van der Waals surface area contributed by atoms with Crippen LogP contribution in [-0.4, -0.2) is 30.4 Å². The molecular weight excluding hydrogens is 250 g/mol. The van der Waals surface area contributed by atoms with Gasteiger partial charge in [0.2, 0.25) is 5.91 Å². The van der Waals surface area contributed by atoms with Crippen LogP contribution in [0.2, 0.25) is 0 Å². The quantitative estimate of drug-likeness (QED) is 0.812. The van der Waals surface area contributed by atoms with Gasteiger partial charge in [-0.3, -0.25) is 9.69 Å². The molecule has 110 valence electrons. The third-order valence-electron chi connectivity index (χ3n) is 4.33. The number of rotatable bonds is 5. The minimum Gasteiger partial charge on any atom is -0.399 e. The van der Waals surface area contributed by atoms with E-state index in [1.54, 1.807) is 0 Å². The number of nitrogens with zero attached hydrogens (tertiary/aromatic N) is 1. The average Bonchev–Trinajstić information content (AvgIpc) is 2.37. The fourth-order valence-corrected chi connectivity index (χ4v) is 2.45. The van der Waals surface area contributed by atoms with E-state index in [2.05, 4.69) is 10.2 Å². The maximum atomic E-state index is 12.3. The van der Waals surface area contributed by atoms with Gasteiger partial charge < -0.3 is 11.1 Å². The summed E-state index contributed by atoms with van der Waals surface area (Å²) in [5.74, 6) is 0.796. The van der Waals surface area contributed by atoms with Crippen LogP contribution in [0.15, 0.2) is 18.2 Å². The Morgan fingerprint density at radius 2 is 2.20 bits per heavy atom. The molecule has 1 saturated carbocycles. The predicted molar refractivity (Wildman–Crippen MR) is 83.7 cm³/mol. The van der Waals surface area contributed by atoms with Crippen LogP contribution < -0.4 is 11.1 Å². The zero-order valence-electron chi connectivity index (χ0n) is 12.6. The van der Waals surface area contributed by atoms with Crippen molar-refractivity contribution in [3.8, 4) is 0 Å². The summed E-state index contributed by atoms with van der Waals surface area (Å²) in [4.78, 5) is 14.5. The minimum absolute atomic E-state index is 0.0283. The Balaban J connectivity index is 1.94. The van der Waals surface area contributed by atoms with Crippen molar-refractivity contribution in [1.82, 2.24) is 4.90 Å². The Morgan fingerprint density at radius 1 is 1.50 bits per heavy atom. The van der Waals surface area contributed by atoms with E-state index in [1.807, 2.05) is 39.1 Å². The highest BCUT2D eigenvalue weighted by molar-refractivity contribution is 5.95. The molecule has 1 aromatic carbocycles. The third-order valence-corrected chi connectivity index (χ3v) is 4.33. The Hall–Kier alpha value is -1.55. The lowest BCUT2D eigenvalue weighted by Crippen LogP contribution is -2.43. The van der Waals surface area contributed by atoms with Crippen molar-refractivity contribution < 1.29 is 4.79 Å². The van der Waals surface area contributed by atoms with Crippen molar-refractivity contribution in [2.75, 3.05) is 24.6 Å². The van der Waals surface area contributed by atoms with Gasteiger partial charge in [0.1, 0.15) is 0 Å². The lowest BCUT2D eigenvalue weighted by molar-refractivity contribution is -0.120. The number of nitrogens with one attached hydrogen (secondary N) is 1. The highest BCUT2D eigenvalue weighted by Crippen LogP contribution is 2.27. The molecular formula is C16H25N3O. The molecule has 1 aliphatic rings. The summed E-state index contributed by atoms with van der Waals surface area (Å²) in [5.41, 5.74) is 8.27. The number of aryl methyl sites for hydroxylation is 1. The van der Waals surface area contributed by atoms with Gasteiger partial charge in [-0.25, -0.2) is 0 Å². The Bertz CT molecular complexity index is 483. The van der Waals surface area contributed by atoms with Gasteiger partial charge in [-0.2, -0.15) is 0 Å². The van der Waals surface area contributed by atoms with Crippen molar-refractivity contribution in [3.05, 3.63) is 23.8 Å². The monoisotopic (exact) mass is 275 g/mol. The number of likely N-dealkylation sites (N-methyl/N-ethyl adjacent to an activating group) is 1. The van der Waals surface area contributed by atoms with E-state index in [-0.39, 0.29) is 11.9 Å². The molecule has 0 spiro atoms. The average molecular weight is 275 g/mol. The number of nitrogen functional groups attached to an aromatic ring is 1. The second-order valence-corrected chi connectivity index (χ2v) is 5.98. The van der Waals surface area contributed by atoms with Crippen molar-refractivity contribution >= 4 is 17.3 Å². The number of nitrogens with two attached hydrogens (primary N) is 1. The SMILES string of the molecule is Cc1ccc(N)cc1NC(=O)C(C)N(C)CC1CCC1. The molecule has 0 aliphatic heterocycles. The summed E-state index contributed by atoms with van der Waals surface area (Å²) in [6.45, 7) is 4.93. The summed E-state index contributed by atoms with van der Waals surface area (Å²) >= 11 is 0. The first-order chi connectivity index (χ1) is 9.47. The standard InChI is InChI=1S/C16H25N3O/c1-11-7-8-14(17)9-15(11)18-16(20)12(2)19(3)10-13-5-4-6-13/h7-9,12-13H,4-6,10,17H2,1-3H3,(H,18,20). The predicted octanol–water partition coefficient (Wildman–Crippen LogP) is 2.64. The maximum Gasteiger partial charge on any atom is 0.241 e. The van der Waals surface area contributed by atoms with Crippen molar-refractivity contribution in [2.24, 2.45) is 5.92 Å². The van der Waals surface area contributed by atoms with E-state index in [4.69, 9.17) is 5.73 Å². The van der Waals surface area contributed by atoms with Crippen molar-refractivity contribution in [3.63, 3.8) is 0 Å². The molecule has 0 radical (unpaired) electrons. The van der Waals surface area contributed by atoms with E-state index >= 15 is 0 Å². The van der Waals surface area contributed by atoms with Gasteiger partial charge in [0.05, 0.1) is 6.04 Å². The molecule has 3 N–H and O–H groups in total. The number of hydrogen-bond donors (Lipinski definition) is 2. The molecule has 1 aliphatic carbocycles. The van der Waals surface area contributed by atoms with E-state index in [0.717, 1.165) is 23.7 Å². The van der Waals surface area contributed by atoms with Gasteiger partial charge in [-0.1, -0.05) is 12.5 Å². The number of benzene rings is 1. The van der Waals surface area contributed by atoms with Crippen molar-refractivity contribution in [2.45, 2.75) is 39.2 Å². The molecule has 4 heteroatoms. The second kappa shape index (κ2) is 6.27. The fraction of sp³-hybridized carbons (Fsp3) is 0.562. The summed E-state index contributed by atoms with van der Waals surface area (Å²) < 4.78 is 0. The number of carbonyl (C=O) groups is 1. The number of anilines is 2. The first kappa shape index (κ1) is 14.9. The van der Waals surface area contributed by atoms with Gasteiger partial charge in [0.25, 0.3) is 0 Å². The Labute approximate surface area is 121 Å². The molecule has 0 heterocycles. The molecule has 20 heavy (non-hydrogen) atoms.